The molecule has 0 aromatic rings. The minimum atomic E-state index is -4.53. The summed E-state index contributed by atoms with van der Waals surface area (Å²) in [6.45, 7) is -2.33. The second kappa shape index (κ2) is 8.57. The normalized spacial score (nSPS) is 11.2. The Morgan fingerprint density at radius 3 is 2.32 bits per heavy atom. The zero-order valence-corrected chi connectivity index (χ0v) is 10.2. The van der Waals surface area contributed by atoms with E-state index in [1.54, 1.807) is 0 Å². The van der Waals surface area contributed by atoms with Gasteiger partial charge in [-0.05, 0) is 12.8 Å². The maximum absolute atomic E-state index is 12.2. The highest BCUT2D eigenvalue weighted by molar-refractivity contribution is 5.74. The first-order valence-corrected chi connectivity index (χ1v) is 5.68. The van der Waals surface area contributed by atoms with Gasteiger partial charge in [0.15, 0.2) is 0 Å². The fourth-order valence-corrected chi connectivity index (χ4v) is 1.30. The molecule has 0 aliphatic rings. The molecule has 0 aliphatic carbocycles. The van der Waals surface area contributed by atoms with Gasteiger partial charge in [-0.15, -0.1) is 0 Å². The summed E-state index contributed by atoms with van der Waals surface area (Å²) >= 11 is 0. The molecule has 0 unspecified atom stereocenters. The summed E-state index contributed by atoms with van der Waals surface area (Å²) in [5, 5.41) is 19.2. The van der Waals surface area contributed by atoms with Crippen LogP contribution in [0.25, 0.3) is 0 Å². The molecular weight excluding hydrogens is 269 g/mol. The number of unbranched alkanes of at least 4 members (excludes halogenated alkanes) is 1. The Labute approximate surface area is 108 Å². The lowest BCUT2D eigenvalue weighted by molar-refractivity contribution is -0.140. The van der Waals surface area contributed by atoms with E-state index in [2.05, 4.69) is 5.32 Å². The van der Waals surface area contributed by atoms with E-state index in [1.165, 1.54) is 0 Å². The molecule has 9 heteroatoms. The third kappa shape index (κ3) is 10.1. The minimum Gasteiger partial charge on any atom is -0.481 e. The third-order valence-corrected chi connectivity index (χ3v) is 2.12. The number of aliphatic hydroxyl groups is 1. The van der Waals surface area contributed by atoms with Gasteiger partial charge in [-0.25, -0.2) is 4.79 Å². The molecule has 2 amide bonds. The van der Waals surface area contributed by atoms with E-state index < -0.39 is 37.9 Å². The number of hydrogen-bond acceptors (Lipinski definition) is 3. The van der Waals surface area contributed by atoms with Gasteiger partial charge in [0.1, 0.15) is 6.54 Å². The number of carboxylic acid groups (broad SMARTS) is 1. The molecule has 0 atom stereocenters. The van der Waals surface area contributed by atoms with Crippen molar-refractivity contribution in [3.05, 3.63) is 0 Å². The molecule has 19 heavy (non-hydrogen) atoms. The SMILES string of the molecule is O=C(O)CCCCNC(=O)N(CCO)CC(F)(F)F. The monoisotopic (exact) mass is 286 g/mol. The molecule has 6 nitrogen and oxygen atoms in total. The van der Waals surface area contributed by atoms with Gasteiger partial charge in [0.2, 0.25) is 0 Å². The van der Waals surface area contributed by atoms with Crippen LogP contribution in [0.2, 0.25) is 0 Å². The van der Waals surface area contributed by atoms with Crippen molar-refractivity contribution in [1.82, 2.24) is 10.2 Å². The standard InChI is InChI=1S/C10H17F3N2O4/c11-10(12,13)7-15(5-6-16)9(19)14-4-2-1-3-8(17)18/h16H,1-7H2,(H,14,19)(H,17,18). The number of rotatable bonds is 8. The van der Waals surface area contributed by atoms with Crippen LogP contribution >= 0.6 is 0 Å². The highest BCUT2D eigenvalue weighted by Gasteiger charge is 2.32. The number of carboxylic acids is 1. The number of aliphatic hydroxyl groups excluding tert-OH is 1. The van der Waals surface area contributed by atoms with Gasteiger partial charge in [-0.3, -0.25) is 4.79 Å². The van der Waals surface area contributed by atoms with Crippen LogP contribution in [0.4, 0.5) is 18.0 Å². The Hall–Kier alpha value is -1.51. The Morgan fingerprint density at radius 1 is 1.21 bits per heavy atom. The van der Waals surface area contributed by atoms with Crippen LogP contribution in [0.1, 0.15) is 19.3 Å². The van der Waals surface area contributed by atoms with Gasteiger partial charge in [0.05, 0.1) is 6.61 Å². The van der Waals surface area contributed by atoms with Gasteiger partial charge in [-0.1, -0.05) is 0 Å². The van der Waals surface area contributed by atoms with Gasteiger partial charge in [0, 0.05) is 19.5 Å². The molecular formula is C10H17F3N2O4. The maximum Gasteiger partial charge on any atom is 0.406 e. The summed E-state index contributed by atoms with van der Waals surface area (Å²) in [5.41, 5.74) is 0. The predicted octanol–water partition coefficient (Wildman–Crippen LogP) is 0.807. The number of alkyl halides is 3. The molecule has 0 heterocycles. The number of nitrogens with one attached hydrogen (secondary N) is 1. The smallest absolute Gasteiger partial charge is 0.406 e. The second-order valence-electron chi connectivity index (χ2n) is 3.84. The van der Waals surface area contributed by atoms with E-state index in [4.69, 9.17) is 10.2 Å². The van der Waals surface area contributed by atoms with Crippen molar-refractivity contribution < 1.29 is 33.0 Å². The van der Waals surface area contributed by atoms with Crippen LogP contribution in [-0.2, 0) is 4.79 Å². The van der Waals surface area contributed by atoms with Crippen LogP contribution in [0.3, 0.4) is 0 Å². The van der Waals surface area contributed by atoms with Crippen molar-refractivity contribution in [3.8, 4) is 0 Å². The molecule has 0 rings (SSSR count). The summed E-state index contributed by atoms with van der Waals surface area (Å²) in [5.74, 6) is -0.967. The Bertz CT molecular complexity index is 297. The molecule has 0 aromatic heterocycles. The molecule has 0 spiro atoms. The lowest BCUT2D eigenvalue weighted by Gasteiger charge is -2.23. The number of halogens is 3. The van der Waals surface area contributed by atoms with Crippen molar-refractivity contribution in [3.63, 3.8) is 0 Å². The number of carbonyl (C=O) groups excluding carboxylic acids is 1. The first-order valence-electron chi connectivity index (χ1n) is 5.68. The number of aliphatic carboxylic acids is 1. The Balaban J connectivity index is 4.01. The molecule has 112 valence electrons. The van der Waals surface area contributed by atoms with Crippen molar-refractivity contribution in [2.75, 3.05) is 26.2 Å². The molecule has 0 aliphatic heterocycles. The number of carbonyl (C=O) groups is 2. The zero-order valence-electron chi connectivity index (χ0n) is 10.2. The van der Waals surface area contributed by atoms with Crippen molar-refractivity contribution in [2.24, 2.45) is 0 Å². The van der Waals surface area contributed by atoms with E-state index >= 15 is 0 Å². The largest absolute Gasteiger partial charge is 0.481 e. The fourth-order valence-electron chi connectivity index (χ4n) is 1.30. The number of urea groups is 1. The van der Waals surface area contributed by atoms with Crippen LogP contribution in [-0.4, -0.2) is 59.5 Å². The van der Waals surface area contributed by atoms with E-state index in [9.17, 15) is 22.8 Å². The van der Waals surface area contributed by atoms with Crippen molar-refractivity contribution in [1.29, 1.82) is 0 Å². The number of hydrogen-bond donors (Lipinski definition) is 3. The van der Waals surface area contributed by atoms with E-state index in [-0.39, 0.29) is 13.0 Å². The van der Waals surface area contributed by atoms with Gasteiger partial charge in [0.25, 0.3) is 0 Å². The molecule has 0 saturated heterocycles. The summed E-state index contributed by atoms with van der Waals surface area (Å²) in [7, 11) is 0. The molecule has 0 bridgehead atoms. The van der Waals surface area contributed by atoms with Crippen LogP contribution < -0.4 is 5.32 Å². The summed E-state index contributed by atoms with van der Waals surface area (Å²) in [4.78, 5) is 22.0. The zero-order chi connectivity index (χ0) is 14.9. The van der Waals surface area contributed by atoms with Crippen LogP contribution in [0, 0.1) is 0 Å². The summed E-state index contributed by atoms with van der Waals surface area (Å²) < 4.78 is 36.5. The maximum atomic E-state index is 12.2. The lowest BCUT2D eigenvalue weighted by Crippen LogP contribution is -2.46. The predicted molar refractivity (Wildman–Crippen MR) is 59.6 cm³/mol. The molecule has 0 aromatic carbocycles. The first-order chi connectivity index (χ1) is 8.76. The van der Waals surface area contributed by atoms with E-state index in [1.807, 2.05) is 0 Å². The number of nitrogens with zero attached hydrogens (tertiary/aromatic N) is 1. The first kappa shape index (κ1) is 17.5. The second-order valence-corrected chi connectivity index (χ2v) is 3.84. The summed E-state index contributed by atoms with van der Waals surface area (Å²) in [6.07, 6.45) is -3.90. The topological polar surface area (TPSA) is 89.9 Å². The minimum absolute atomic E-state index is 0.0568. The Morgan fingerprint density at radius 2 is 1.84 bits per heavy atom. The lowest BCUT2D eigenvalue weighted by atomic mass is 10.2. The molecule has 0 radical (unpaired) electrons. The average Bonchev–Trinajstić information content (AvgIpc) is 2.25. The summed E-state index contributed by atoms with van der Waals surface area (Å²) in [6, 6.07) is -0.929. The fraction of sp³-hybridized carbons (Fsp3) is 0.800. The van der Waals surface area contributed by atoms with E-state index in [0.29, 0.717) is 17.7 Å². The van der Waals surface area contributed by atoms with Gasteiger partial charge < -0.3 is 20.4 Å². The molecule has 0 fully saturated rings. The Kier molecular flexibility index (Phi) is 7.89. The van der Waals surface area contributed by atoms with Crippen LogP contribution in [0.15, 0.2) is 0 Å². The van der Waals surface area contributed by atoms with Gasteiger partial charge in [-0.2, -0.15) is 13.2 Å². The van der Waals surface area contributed by atoms with Crippen molar-refractivity contribution in [2.45, 2.75) is 25.4 Å². The quantitative estimate of drug-likeness (QED) is 0.576. The van der Waals surface area contributed by atoms with Gasteiger partial charge >= 0.3 is 18.2 Å². The average molecular weight is 286 g/mol. The molecule has 0 saturated carbocycles. The van der Waals surface area contributed by atoms with Crippen molar-refractivity contribution >= 4 is 12.0 Å². The third-order valence-electron chi connectivity index (χ3n) is 2.12. The highest BCUT2D eigenvalue weighted by Crippen LogP contribution is 2.16. The molecule has 3 N–H and O–H groups in total. The van der Waals surface area contributed by atoms with Crippen LogP contribution in [0.5, 0.6) is 0 Å². The number of amides is 2. The van der Waals surface area contributed by atoms with E-state index in [0.717, 1.165) is 0 Å². The highest BCUT2D eigenvalue weighted by atomic mass is 19.4.